The Morgan fingerprint density at radius 1 is 1.35 bits per heavy atom. The van der Waals surface area contributed by atoms with Crippen molar-refractivity contribution in [1.29, 1.82) is 0 Å². The summed E-state index contributed by atoms with van der Waals surface area (Å²) in [6.07, 6.45) is 4.98. The first-order valence-electron chi connectivity index (χ1n) is 6.22. The molecule has 0 atom stereocenters. The van der Waals surface area contributed by atoms with Gasteiger partial charge in [-0.15, -0.1) is 35.1 Å². The van der Waals surface area contributed by atoms with Crippen molar-refractivity contribution in [1.82, 2.24) is 0 Å². The summed E-state index contributed by atoms with van der Waals surface area (Å²) in [5.41, 5.74) is 0. The smallest absolute Gasteiger partial charge is 0.308 e. The highest BCUT2D eigenvalue weighted by Gasteiger charge is 2.35. The lowest BCUT2D eigenvalue weighted by molar-refractivity contribution is -0.143. The molecule has 100 valence electrons. The third-order valence-corrected chi connectivity index (χ3v) is 6.39. The molecule has 0 saturated carbocycles. The molecule has 0 bridgehead atoms. The molecule has 5 heteroatoms. The summed E-state index contributed by atoms with van der Waals surface area (Å²) in [5.74, 6) is 2.98. The second-order valence-corrected chi connectivity index (χ2v) is 7.68. The van der Waals surface area contributed by atoms with E-state index >= 15 is 0 Å². The fourth-order valence-corrected chi connectivity index (χ4v) is 5.42. The number of hydrogen-bond donors (Lipinski definition) is 0. The van der Waals surface area contributed by atoms with Crippen LogP contribution in [-0.2, 0) is 9.53 Å². The topological polar surface area (TPSA) is 26.3 Å². The van der Waals surface area contributed by atoms with Crippen molar-refractivity contribution < 1.29 is 9.53 Å². The van der Waals surface area contributed by atoms with Gasteiger partial charge in [0.1, 0.15) is 0 Å². The molecule has 1 saturated heterocycles. The maximum atomic E-state index is 11.7. The second kappa shape index (κ2) is 8.54. The molecule has 0 unspecified atom stereocenters. The van der Waals surface area contributed by atoms with Gasteiger partial charge >= 0.3 is 5.97 Å². The second-order valence-electron chi connectivity index (χ2n) is 4.09. The van der Waals surface area contributed by atoms with Gasteiger partial charge in [0, 0.05) is 5.88 Å². The Morgan fingerprint density at radius 2 is 2.06 bits per heavy atom. The molecule has 1 aliphatic rings. The Kier molecular flexibility index (Phi) is 7.80. The molecule has 0 N–H and O–H groups in total. The average Bonchev–Trinajstić information content (AvgIpc) is 2.30. The zero-order valence-corrected chi connectivity index (χ0v) is 12.8. The minimum absolute atomic E-state index is 0.0521. The summed E-state index contributed by atoms with van der Waals surface area (Å²) in [4.78, 5) is 11.7. The zero-order valence-electron chi connectivity index (χ0n) is 10.4. The molecule has 17 heavy (non-hydrogen) atoms. The summed E-state index contributed by atoms with van der Waals surface area (Å²) in [6.45, 7) is 2.34. The third kappa shape index (κ3) is 5.75. The molecule has 0 aromatic carbocycles. The van der Waals surface area contributed by atoms with Crippen LogP contribution < -0.4 is 0 Å². The minimum atomic E-state index is -0.0553. The van der Waals surface area contributed by atoms with Gasteiger partial charge in [-0.3, -0.25) is 4.79 Å². The van der Waals surface area contributed by atoms with E-state index in [1.807, 2.05) is 30.4 Å². The lowest BCUT2D eigenvalue weighted by Gasteiger charge is -2.35. The molecule has 1 rings (SSSR count). The van der Waals surface area contributed by atoms with Crippen molar-refractivity contribution in [2.75, 3.05) is 24.0 Å². The normalized spacial score (nSPS) is 18.9. The van der Waals surface area contributed by atoms with Crippen LogP contribution in [0.5, 0.6) is 0 Å². The van der Waals surface area contributed by atoms with Gasteiger partial charge in [0.05, 0.1) is 17.1 Å². The van der Waals surface area contributed by atoms with Gasteiger partial charge in [0.25, 0.3) is 0 Å². The number of halogens is 1. The summed E-state index contributed by atoms with van der Waals surface area (Å²) >= 11 is 9.58. The Morgan fingerprint density at radius 3 is 2.65 bits per heavy atom. The first-order chi connectivity index (χ1) is 8.22. The average molecular weight is 297 g/mol. The predicted molar refractivity (Wildman–Crippen MR) is 78.1 cm³/mol. The highest BCUT2D eigenvalue weighted by Crippen LogP contribution is 2.48. The zero-order chi connectivity index (χ0) is 12.6. The van der Waals surface area contributed by atoms with E-state index in [9.17, 15) is 4.79 Å². The molecule has 0 aliphatic carbocycles. The molecule has 1 fully saturated rings. The number of ether oxygens (including phenoxy) is 1. The van der Waals surface area contributed by atoms with Gasteiger partial charge in [-0.05, 0) is 37.7 Å². The standard InChI is InChI=1S/C12H21ClO2S2/c1-2-15-11(14)10-12(6-3-4-7-13)16-8-5-9-17-12/h2-10H2,1H3. The number of thioether (sulfide) groups is 2. The number of esters is 1. The van der Waals surface area contributed by atoms with Crippen molar-refractivity contribution in [3.05, 3.63) is 0 Å². The maximum absolute atomic E-state index is 11.7. The SMILES string of the molecule is CCOC(=O)CC1(CCCCCl)SCCCS1. The van der Waals surface area contributed by atoms with Crippen LogP contribution >= 0.6 is 35.1 Å². The quantitative estimate of drug-likeness (QED) is 0.404. The minimum Gasteiger partial charge on any atom is -0.466 e. The molecule has 0 aromatic heterocycles. The molecular weight excluding hydrogens is 276 g/mol. The van der Waals surface area contributed by atoms with E-state index in [1.165, 1.54) is 6.42 Å². The Hall–Kier alpha value is 0.460. The van der Waals surface area contributed by atoms with E-state index in [-0.39, 0.29) is 10.0 Å². The number of alkyl halides is 1. The van der Waals surface area contributed by atoms with E-state index in [4.69, 9.17) is 16.3 Å². The van der Waals surface area contributed by atoms with Crippen LogP contribution in [0.2, 0.25) is 0 Å². The van der Waals surface area contributed by atoms with Crippen LogP contribution in [-0.4, -0.2) is 34.0 Å². The fourth-order valence-electron chi connectivity index (χ4n) is 1.87. The predicted octanol–water partition coefficient (Wildman–Crippen LogP) is 3.92. The molecule has 0 aromatic rings. The van der Waals surface area contributed by atoms with Gasteiger partial charge in [-0.25, -0.2) is 0 Å². The molecule has 0 radical (unpaired) electrons. The van der Waals surface area contributed by atoms with Crippen LogP contribution in [0.4, 0.5) is 0 Å². The lowest BCUT2D eigenvalue weighted by Crippen LogP contribution is -2.29. The Bertz CT molecular complexity index is 231. The Labute approximate surface area is 118 Å². The summed E-state index contributed by atoms with van der Waals surface area (Å²) in [5, 5.41) is 0. The van der Waals surface area contributed by atoms with Crippen LogP contribution in [0.1, 0.15) is 39.0 Å². The lowest BCUT2D eigenvalue weighted by atomic mass is 10.1. The molecule has 1 aliphatic heterocycles. The number of rotatable bonds is 7. The van der Waals surface area contributed by atoms with Crippen molar-refractivity contribution in [3.8, 4) is 0 Å². The van der Waals surface area contributed by atoms with Gasteiger partial charge in [-0.1, -0.05) is 6.42 Å². The number of carbonyl (C=O) groups is 1. The van der Waals surface area contributed by atoms with Gasteiger partial charge < -0.3 is 4.74 Å². The number of unbranched alkanes of at least 4 members (excludes halogenated alkanes) is 1. The molecular formula is C12H21ClO2S2. The van der Waals surface area contributed by atoms with Crippen LogP contribution in [0.3, 0.4) is 0 Å². The number of carbonyl (C=O) groups excluding carboxylic acids is 1. The van der Waals surface area contributed by atoms with E-state index in [2.05, 4.69) is 0 Å². The summed E-state index contributed by atoms with van der Waals surface area (Å²) in [7, 11) is 0. The van der Waals surface area contributed by atoms with E-state index < -0.39 is 0 Å². The van der Waals surface area contributed by atoms with Crippen LogP contribution in [0, 0.1) is 0 Å². The van der Waals surface area contributed by atoms with Gasteiger partial charge in [-0.2, -0.15) is 0 Å². The third-order valence-electron chi connectivity index (χ3n) is 2.68. The maximum Gasteiger partial charge on any atom is 0.308 e. The molecule has 0 amide bonds. The Balaban J connectivity index is 2.48. The van der Waals surface area contributed by atoms with Gasteiger partial charge in [0.2, 0.25) is 0 Å². The molecule has 1 heterocycles. The van der Waals surface area contributed by atoms with E-state index in [0.29, 0.717) is 18.9 Å². The van der Waals surface area contributed by atoms with Crippen molar-refractivity contribution in [3.63, 3.8) is 0 Å². The summed E-state index contributed by atoms with van der Waals surface area (Å²) in [6, 6.07) is 0. The molecule has 0 spiro atoms. The van der Waals surface area contributed by atoms with Crippen molar-refractivity contribution >= 4 is 41.1 Å². The van der Waals surface area contributed by atoms with E-state index in [1.54, 1.807) is 0 Å². The van der Waals surface area contributed by atoms with Crippen LogP contribution in [0.15, 0.2) is 0 Å². The highest BCUT2D eigenvalue weighted by atomic mass is 35.5. The first kappa shape index (κ1) is 15.5. The fraction of sp³-hybridized carbons (Fsp3) is 0.917. The monoisotopic (exact) mass is 296 g/mol. The first-order valence-corrected chi connectivity index (χ1v) is 8.72. The van der Waals surface area contributed by atoms with Crippen LogP contribution in [0.25, 0.3) is 0 Å². The van der Waals surface area contributed by atoms with Crippen molar-refractivity contribution in [2.45, 2.75) is 43.1 Å². The summed E-state index contributed by atoms with van der Waals surface area (Å²) < 4.78 is 5.14. The highest BCUT2D eigenvalue weighted by molar-refractivity contribution is 8.18. The number of hydrogen-bond acceptors (Lipinski definition) is 4. The van der Waals surface area contributed by atoms with E-state index in [0.717, 1.165) is 30.8 Å². The van der Waals surface area contributed by atoms with Gasteiger partial charge in [0.15, 0.2) is 0 Å². The largest absolute Gasteiger partial charge is 0.466 e. The van der Waals surface area contributed by atoms with Crippen molar-refractivity contribution in [2.24, 2.45) is 0 Å². The molecule has 2 nitrogen and oxygen atoms in total.